The average Bonchev–Trinajstić information content (AvgIpc) is 2.34. The van der Waals surface area contributed by atoms with Crippen molar-refractivity contribution in [2.75, 3.05) is 13.2 Å². The van der Waals surface area contributed by atoms with Crippen LogP contribution in [0, 0.1) is 10.1 Å². The van der Waals surface area contributed by atoms with E-state index in [0.29, 0.717) is 0 Å². The molecule has 92 valence electrons. The molecule has 0 atom stereocenters. The molecule has 3 N–H and O–H groups in total. The zero-order chi connectivity index (χ0) is 12.7. The van der Waals surface area contributed by atoms with Crippen molar-refractivity contribution in [2.45, 2.75) is 6.54 Å². The van der Waals surface area contributed by atoms with Crippen molar-refractivity contribution in [1.29, 1.82) is 0 Å². The van der Waals surface area contributed by atoms with Gasteiger partial charge in [0.15, 0.2) is 0 Å². The monoisotopic (exact) mass is 239 g/mol. The molecule has 0 bridgehead atoms. The van der Waals surface area contributed by atoms with Gasteiger partial charge in [-0.05, 0) is 5.56 Å². The summed E-state index contributed by atoms with van der Waals surface area (Å²) in [6.45, 7) is 0.340. The Morgan fingerprint density at radius 2 is 1.94 bits per heavy atom. The van der Waals surface area contributed by atoms with E-state index >= 15 is 0 Å². The third-order valence-corrected chi connectivity index (χ3v) is 2.00. The second kappa shape index (κ2) is 6.44. The lowest BCUT2D eigenvalue weighted by molar-refractivity contribution is -0.384. The van der Waals surface area contributed by atoms with Crippen LogP contribution in [0.25, 0.3) is 0 Å². The van der Waals surface area contributed by atoms with Gasteiger partial charge < -0.3 is 15.7 Å². The molecule has 1 aromatic rings. The molecule has 0 aromatic heterocycles. The third kappa shape index (κ3) is 4.47. The van der Waals surface area contributed by atoms with E-state index in [-0.39, 0.29) is 25.4 Å². The minimum absolute atomic E-state index is 0.0125. The lowest BCUT2D eigenvalue weighted by Crippen LogP contribution is -2.36. The van der Waals surface area contributed by atoms with E-state index in [1.54, 1.807) is 12.1 Å². The summed E-state index contributed by atoms with van der Waals surface area (Å²) in [7, 11) is 0. The quantitative estimate of drug-likeness (QED) is 0.510. The van der Waals surface area contributed by atoms with Gasteiger partial charge in [0, 0.05) is 25.2 Å². The van der Waals surface area contributed by atoms with Gasteiger partial charge in [0.25, 0.3) is 5.69 Å². The van der Waals surface area contributed by atoms with Crippen molar-refractivity contribution in [3.8, 4) is 0 Å². The van der Waals surface area contributed by atoms with E-state index in [2.05, 4.69) is 10.6 Å². The summed E-state index contributed by atoms with van der Waals surface area (Å²) in [5.74, 6) is 0. The Balaban J connectivity index is 2.42. The molecule has 1 rings (SSSR count). The molecule has 0 unspecified atom stereocenters. The molecule has 1 aromatic carbocycles. The van der Waals surface area contributed by atoms with Crippen LogP contribution in [-0.2, 0) is 6.54 Å². The molecule has 0 saturated carbocycles. The number of urea groups is 1. The molecule has 7 heteroatoms. The number of carbonyl (C=O) groups excluding carboxylic acids is 1. The van der Waals surface area contributed by atoms with Crippen molar-refractivity contribution in [1.82, 2.24) is 10.6 Å². The maximum atomic E-state index is 11.1. The predicted octanol–water partition coefficient (Wildman–Crippen LogP) is 0.386. The van der Waals surface area contributed by atoms with Crippen LogP contribution >= 0.6 is 0 Å². The standard InChI is InChI=1S/C10H13N3O4/c14-6-5-11-10(15)12-7-8-1-3-9(4-2-8)13(16)17/h1-4,14H,5-7H2,(H2,11,12,15). The highest BCUT2D eigenvalue weighted by atomic mass is 16.6. The van der Waals surface area contributed by atoms with Crippen LogP contribution in [-0.4, -0.2) is 29.2 Å². The highest BCUT2D eigenvalue weighted by molar-refractivity contribution is 5.73. The second-order valence-corrected chi connectivity index (χ2v) is 3.26. The number of non-ortho nitro benzene ring substituents is 1. The minimum Gasteiger partial charge on any atom is -0.395 e. The van der Waals surface area contributed by atoms with Crippen molar-refractivity contribution < 1.29 is 14.8 Å². The van der Waals surface area contributed by atoms with Gasteiger partial charge in [-0.1, -0.05) is 12.1 Å². The van der Waals surface area contributed by atoms with Crippen molar-refractivity contribution in [3.63, 3.8) is 0 Å². The second-order valence-electron chi connectivity index (χ2n) is 3.26. The number of hydrogen-bond donors (Lipinski definition) is 3. The smallest absolute Gasteiger partial charge is 0.315 e. The van der Waals surface area contributed by atoms with Gasteiger partial charge in [0.1, 0.15) is 0 Å². The van der Waals surface area contributed by atoms with E-state index in [4.69, 9.17) is 5.11 Å². The first kappa shape index (κ1) is 12.9. The van der Waals surface area contributed by atoms with Crippen LogP contribution in [0.1, 0.15) is 5.56 Å². The van der Waals surface area contributed by atoms with Crippen LogP contribution in [0.15, 0.2) is 24.3 Å². The van der Waals surface area contributed by atoms with Gasteiger partial charge in [-0.2, -0.15) is 0 Å². The molecule has 2 amide bonds. The van der Waals surface area contributed by atoms with Gasteiger partial charge >= 0.3 is 6.03 Å². The Hall–Kier alpha value is -2.15. The Labute approximate surface area is 97.6 Å². The SMILES string of the molecule is O=C(NCCO)NCc1ccc([N+](=O)[O-])cc1. The fourth-order valence-corrected chi connectivity index (χ4v) is 1.15. The van der Waals surface area contributed by atoms with E-state index < -0.39 is 11.0 Å². The maximum absolute atomic E-state index is 11.1. The van der Waals surface area contributed by atoms with Crippen LogP contribution in [0.4, 0.5) is 10.5 Å². The number of aliphatic hydroxyl groups excluding tert-OH is 1. The number of amides is 2. The predicted molar refractivity (Wildman–Crippen MR) is 60.4 cm³/mol. The van der Waals surface area contributed by atoms with Crippen LogP contribution in [0.2, 0.25) is 0 Å². The zero-order valence-corrected chi connectivity index (χ0v) is 9.05. The fraction of sp³-hybridized carbons (Fsp3) is 0.300. The number of aliphatic hydroxyl groups is 1. The lowest BCUT2D eigenvalue weighted by Gasteiger charge is -2.06. The summed E-state index contributed by atoms with van der Waals surface area (Å²) in [5, 5.41) is 23.9. The molecule has 0 spiro atoms. The van der Waals surface area contributed by atoms with Crippen LogP contribution in [0.5, 0.6) is 0 Å². The number of rotatable bonds is 5. The molecule has 0 heterocycles. The first-order valence-corrected chi connectivity index (χ1v) is 4.99. The minimum atomic E-state index is -0.481. The van der Waals surface area contributed by atoms with E-state index in [1.807, 2.05) is 0 Å². The summed E-state index contributed by atoms with van der Waals surface area (Å²) in [5.41, 5.74) is 0.772. The average molecular weight is 239 g/mol. The molecule has 0 aliphatic carbocycles. The molecule has 0 fully saturated rings. The largest absolute Gasteiger partial charge is 0.395 e. The molecule has 0 aliphatic heterocycles. The third-order valence-electron chi connectivity index (χ3n) is 2.00. The normalized spacial score (nSPS) is 9.71. The van der Waals surface area contributed by atoms with Gasteiger partial charge in [0.05, 0.1) is 11.5 Å². The van der Waals surface area contributed by atoms with Crippen molar-refractivity contribution in [3.05, 3.63) is 39.9 Å². The number of nitro groups is 1. The Morgan fingerprint density at radius 3 is 2.47 bits per heavy atom. The fourth-order valence-electron chi connectivity index (χ4n) is 1.15. The molecular formula is C10H13N3O4. The van der Waals surface area contributed by atoms with Crippen LogP contribution < -0.4 is 10.6 Å². The number of carbonyl (C=O) groups is 1. The maximum Gasteiger partial charge on any atom is 0.315 e. The number of hydrogen-bond acceptors (Lipinski definition) is 4. The van der Waals surface area contributed by atoms with Gasteiger partial charge in [-0.25, -0.2) is 4.79 Å². The van der Waals surface area contributed by atoms with Gasteiger partial charge in [0.2, 0.25) is 0 Å². The summed E-state index contributed by atoms with van der Waals surface area (Å²) < 4.78 is 0. The molecular weight excluding hydrogens is 226 g/mol. The highest BCUT2D eigenvalue weighted by Crippen LogP contribution is 2.11. The number of nitrogens with one attached hydrogen (secondary N) is 2. The Kier molecular flexibility index (Phi) is 4.89. The molecule has 0 radical (unpaired) electrons. The molecule has 0 aliphatic rings. The number of nitro benzene ring substituents is 1. The highest BCUT2D eigenvalue weighted by Gasteiger charge is 2.04. The van der Waals surface area contributed by atoms with Crippen molar-refractivity contribution >= 4 is 11.7 Å². The first-order valence-electron chi connectivity index (χ1n) is 4.99. The topological polar surface area (TPSA) is 104 Å². The Bertz CT molecular complexity index is 391. The number of nitrogens with zero attached hydrogens (tertiary/aromatic N) is 1. The summed E-state index contributed by atoms with van der Waals surface area (Å²) in [6, 6.07) is 5.51. The summed E-state index contributed by atoms with van der Waals surface area (Å²) >= 11 is 0. The Morgan fingerprint density at radius 1 is 1.29 bits per heavy atom. The first-order chi connectivity index (χ1) is 8.13. The van der Waals surface area contributed by atoms with Crippen LogP contribution in [0.3, 0.4) is 0 Å². The van der Waals surface area contributed by atoms with E-state index in [9.17, 15) is 14.9 Å². The summed E-state index contributed by atoms with van der Waals surface area (Å²) in [4.78, 5) is 21.0. The lowest BCUT2D eigenvalue weighted by atomic mass is 10.2. The van der Waals surface area contributed by atoms with E-state index in [1.165, 1.54) is 12.1 Å². The molecule has 7 nitrogen and oxygen atoms in total. The summed E-state index contributed by atoms with van der Waals surface area (Å²) in [6.07, 6.45) is 0. The molecule has 0 saturated heterocycles. The van der Waals surface area contributed by atoms with E-state index in [0.717, 1.165) is 5.56 Å². The van der Waals surface area contributed by atoms with Crippen molar-refractivity contribution in [2.24, 2.45) is 0 Å². The number of benzene rings is 1. The zero-order valence-electron chi connectivity index (χ0n) is 9.05. The molecule has 17 heavy (non-hydrogen) atoms. The van der Waals surface area contributed by atoms with Gasteiger partial charge in [-0.15, -0.1) is 0 Å². The van der Waals surface area contributed by atoms with Gasteiger partial charge in [-0.3, -0.25) is 10.1 Å².